The fourth-order valence-corrected chi connectivity index (χ4v) is 0. The van der Waals surface area contributed by atoms with Crippen LogP contribution in [0.15, 0.2) is 0 Å². The largest absolute Gasteiger partial charge is 0.502 e. The van der Waals surface area contributed by atoms with Gasteiger partial charge in [0.05, 0.1) is 0 Å². The molecule has 0 bridgehead atoms. The van der Waals surface area contributed by atoms with Crippen molar-refractivity contribution in [1.29, 1.82) is 0 Å². The van der Waals surface area contributed by atoms with Gasteiger partial charge in [-0.3, -0.25) is 0 Å². The van der Waals surface area contributed by atoms with Crippen LogP contribution in [0.25, 0.3) is 0 Å². The zero-order chi connectivity index (χ0) is 10.7. The molecule has 0 aliphatic carbocycles. The molecule has 0 aliphatic heterocycles. The van der Waals surface area contributed by atoms with Gasteiger partial charge in [0.25, 0.3) is 0 Å². The Labute approximate surface area is 73.2 Å². The molecule has 0 aliphatic rings. The highest BCUT2D eigenvalue weighted by atomic mass is 31.1. The molecule has 0 aromatic rings. The Morgan fingerprint density at radius 2 is 0.667 bits per heavy atom. The third-order valence-electron chi connectivity index (χ3n) is 0. The Balaban J connectivity index is -0.000000101. The molecule has 0 fully saturated rings. The lowest BCUT2D eigenvalue weighted by molar-refractivity contribution is 0.508. The monoisotopic (exact) mass is 237 g/mol. The molecule has 0 aromatic carbocycles. The maximum absolute atomic E-state index is 9.15. The lowest BCUT2D eigenvalue weighted by atomic mass is 12.0. The predicted octanol–water partition coefficient (Wildman–Crippen LogP) is 1.05. The highest BCUT2D eigenvalue weighted by Crippen LogP contribution is 2.00. The summed E-state index contributed by atoms with van der Waals surface area (Å²) in [5.74, 6) is 0. The maximum Gasteiger partial charge on any atom is 0.502 e. The summed E-state index contributed by atoms with van der Waals surface area (Å²) in [6, 6.07) is 0. The van der Waals surface area contributed by atoms with E-state index in [1.807, 2.05) is 0 Å². The summed E-state index contributed by atoms with van der Waals surface area (Å²) in [4.78, 5) is 22.7. The summed E-state index contributed by atoms with van der Waals surface area (Å²) in [6.45, 7) is 3.69. The smallest absolute Gasteiger partial charge is 0.161 e. The van der Waals surface area contributed by atoms with Crippen LogP contribution in [0.5, 0.6) is 0 Å². The standard InChI is InChI=1S/3CH3O2P/c3*1-4(2)3/h3*1H3/p+3. The molecule has 0 radical (unpaired) electrons. The Bertz CT molecular complexity index is 116. The van der Waals surface area contributed by atoms with Crippen LogP contribution >= 0.6 is 24.1 Å². The van der Waals surface area contributed by atoms with Gasteiger partial charge in [-0.25, -0.2) is 0 Å². The summed E-state index contributed by atoms with van der Waals surface area (Å²) in [5.41, 5.74) is 0. The Morgan fingerprint density at radius 3 is 0.667 bits per heavy atom. The van der Waals surface area contributed by atoms with Gasteiger partial charge in [0.2, 0.25) is 0 Å². The average Bonchev–Trinajstić information content (AvgIpc) is 1.54. The van der Waals surface area contributed by atoms with Gasteiger partial charge in [0, 0.05) is 0 Å². The Hall–Kier alpha value is 0.180. The van der Waals surface area contributed by atoms with Crippen LogP contribution in [0.2, 0.25) is 0 Å². The zero-order valence-electron chi connectivity index (χ0n) is 6.91. The zero-order valence-corrected chi connectivity index (χ0v) is 9.59. The van der Waals surface area contributed by atoms with Crippen molar-refractivity contribution >= 4 is 24.1 Å². The first kappa shape index (κ1) is 18.1. The van der Waals surface area contributed by atoms with Crippen LogP contribution < -0.4 is 0 Å². The van der Waals surface area contributed by atoms with E-state index in [0.29, 0.717) is 0 Å². The van der Waals surface area contributed by atoms with Gasteiger partial charge >= 0.3 is 24.1 Å². The van der Waals surface area contributed by atoms with Crippen molar-refractivity contribution in [3.63, 3.8) is 0 Å². The van der Waals surface area contributed by atoms with Crippen molar-refractivity contribution in [2.75, 3.05) is 20.0 Å². The average molecular weight is 237 g/mol. The van der Waals surface area contributed by atoms with Gasteiger partial charge in [-0.05, 0) is 13.7 Å². The molecule has 9 heteroatoms. The second kappa shape index (κ2) is 13.7. The van der Waals surface area contributed by atoms with Crippen molar-refractivity contribution in [1.82, 2.24) is 0 Å². The van der Waals surface area contributed by atoms with E-state index in [1.54, 1.807) is 0 Å². The van der Waals surface area contributed by atoms with Crippen molar-refractivity contribution in [3.05, 3.63) is 0 Å². The summed E-state index contributed by atoms with van der Waals surface area (Å²) in [5, 5.41) is 0. The first-order chi connectivity index (χ1) is 5.20. The minimum absolute atomic E-state index is 1.23. The maximum atomic E-state index is 9.15. The molecule has 0 spiro atoms. The SMILES string of the molecule is C[P+](=O)O.C[P+](=O)O.C[P+](=O)O. The van der Waals surface area contributed by atoms with Crippen LogP contribution in [0, 0.1) is 0 Å². The molecule has 3 unspecified atom stereocenters. The molecular weight excluding hydrogens is 225 g/mol. The molecule has 0 amide bonds. The molecular formula is C3H12O6P3+3. The second-order valence-corrected chi connectivity index (χ2v) is 4.18. The molecule has 6 nitrogen and oxygen atoms in total. The Morgan fingerprint density at radius 1 is 0.667 bits per heavy atom. The molecule has 3 N–H and O–H groups in total. The molecule has 0 heterocycles. The number of rotatable bonds is 0. The van der Waals surface area contributed by atoms with E-state index in [4.69, 9.17) is 28.4 Å². The first-order valence-corrected chi connectivity index (χ1v) is 7.47. The highest BCUT2D eigenvalue weighted by molar-refractivity contribution is 7.37. The lowest BCUT2D eigenvalue weighted by Crippen LogP contribution is -1.35. The third kappa shape index (κ3) is 26500. The van der Waals surface area contributed by atoms with Crippen LogP contribution in [-0.4, -0.2) is 34.7 Å². The van der Waals surface area contributed by atoms with Crippen LogP contribution in [0.1, 0.15) is 0 Å². The summed E-state index contributed by atoms with van der Waals surface area (Å²) in [7, 11) is -5.61. The van der Waals surface area contributed by atoms with Gasteiger partial charge in [-0.1, -0.05) is 0 Å². The molecule has 0 rings (SSSR count). The van der Waals surface area contributed by atoms with Crippen LogP contribution in [-0.2, 0) is 13.7 Å². The van der Waals surface area contributed by atoms with E-state index in [2.05, 4.69) is 0 Å². The lowest BCUT2D eigenvalue weighted by Gasteiger charge is -1.36. The summed E-state index contributed by atoms with van der Waals surface area (Å²) < 4.78 is 27.4. The van der Waals surface area contributed by atoms with E-state index in [-0.39, 0.29) is 0 Å². The number of hydrogen-bond acceptors (Lipinski definition) is 3. The van der Waals surface area contributed by atoms with Crippen molar-refractivity contribution in [3.8, 4) is 0 Å². The van der Waals surface area contributed by atoms with Crippen molar-refractivity contribution in [2.45, 2.75) is 0 Å². The minimum atomic E-state index is -1.87. The van der Waals surface area contributed by atoms with Gasteiger partial charge in [0.15, 0.2) is 20.0 Å². The molecule has 12 heavy (non-hydrogen) atoms. The quantitative estimate of drug-likeness (QED) is 0.543. The molecule has 0 aromatic heterocycles. The molecule has 72 valence electrons. The van der Waals surface area contributed by atoms with Crippen molar-refractivity contribution in [2.24, 2.45) is 0 Å². The van der Waals surface area contributed by atoms with Gasteiger partial charge in [-0.15, -0.1) is 0 Å². The summed E-state index contributed by atoms with van der Waals surface area (Å²) in [6.07, 6.45) is 0. The van der Waals surface area contributed by atoms with E-state index in [1.165, 1.54) is 20.0 Å². The topological polar surface area (TPSA) is 112 Å². The molecule has 0 saturated carbocycles. The minimum Gasteiger partial charge on any atom is -0.161 e. The fraction of sp³-hybridized carbons (Fsp3) is 1.00. The van der Waals surface area contributed by atoms with Gasteiger partial charge in [-0.2, -0.15) is 14.7 Å². The van der Waals surface area contributed by atoms with E-state index in [9.17, 15) is 0 Å². The Kier molecular flexibility index (Phi) is 20.7. The van der Waals surface area contributed by atoms with Crippen LogP contribution in [0.4, 0.5) is 0 Å². The van der Waals surface area contributed by atoms with Crippen LogP contribution in [0.3, 0.4) is 0 Å². The molecule has 3 atom stereocenters. The van der Waals surface area contributed by atoms with E-state index >= 15 is 0 Å². The summed E-state index contributed by atoms with van der Waals surface area (Å²) >= 11 is 0. The van der Waals surface area contributed by atoms with E-state index < -0.39 is 24.1 Å². The fourth-order valence-electron chi connectivity index (χ4n) is 0. The first-order valence-electron chi connectivity index (χ1n) is 2.49. The predicted molar refractivity (Wildman–Crippen MR) is 47.2 cm³/mol. The normalized spacial score (nSPS) is 11.0. The van der Waals surface area contributed by atoms with Gasteiger partial charge in [0.1, 0.15) is 0 Å². The van der Waals surface area contributed by atoms with E-state index in [0.717, 1.165) is 0 Å². The van der Waals surface area contributed by atoms with Gasteiger partial charge < -0.3 is 0 Å². The third-order valence-corrected chi connectivity index (χ3v) is 0. The highest BCUT2D eigenvalue weighted by Gasteiger charge is 1.86. The molecule has 0 saturated heterocycles. The van der Waals surface area contributed by atoms with Crippen molar-refractivity contribution < 1.29 is 28.4 Å². The second-order valence-electron chi connectivity index (χ2n) is 1.39. The number of hydrogen-bond donors (Lipinski definition) is 3.